The Bertz CT molecular complexity index is 944. The molecule has 2 fully saturated rings. The number of rotatable bonds is 8. The number of imide groups is 1. The lowest BCUT2D eigenvalue weighted by Crippen LogP contribution is -2.48. The molecule has 0 bridgehead atoms. The van der Waals surface area contributed by atoms with Gasteiger partial charge in [0.05, 0.1) is 11.4 Å². The van der Waals surface area contributed by atoms with Crippen molar-refractivity contribution in [3.8, 4) is 0 Å². The number of likely N-dealkylation sites (tertiary alicyclic amines) is 1. The van der Waals surface area contributed by atoms with Crippen LogP contribution in [0.1, 0.15) is 32.3 Å². The molecule has 2 heterocycles. The van der Waals surface area contributed by atoms with E-state index in [1.54, 1.807) is 24.3 Å². The van der Waals surface area contributed by atoms with Gasteiger partial charge in [0.25, 0.3) is 11.1 Å². The molecule has 10 heteroatoms. The van der Waals surface area contributed by atoms with E-state index in [0.717, 1.165) is 42.6 Å². The van der Waals surface area contributed by atoms with Gasteiger partial charge >= 0.3 is 0 Å². The summed E-state index contributed by atoms with van der Waals surface area (Å²) in [6.45, 7) is 5.74. The van der Waals surface area contributed by atoms with Crippen LogP contribution in [0.25, 0.3) is 6.08 Å². The Morgan fingerprint density at radius 3 is 2.58 bits per heavy atom. The van der Waals surface area contributed by atoms with Crippen LogP contribution in [0, 0.1) is 5.92 Å². The summed E-state index contributed by atoms with van der Waals surface area (Å²) < 4.78 is 0. The first-order valence-electron chi connectivity index (χ1n) is 11.0. The second kappa shape index (κ2) is 11.7. The maximum atomic E-state index is 12.6. The number of amides is 4. The van der Waals surface area contributed by atoms with Crippen molar-refractivity contribution in [2.75, 3.05) is 32.7 Å². The summed E-state index contributed by atoms with van der Waals surface area (Å²) in [6, 6.07) is 7.24. The number of piperidine rings is 1. The Hall–Kier alpha value is -2.36. The molecule has 3 rings (SSSR count). The third-order valence-electron chi connectivity index (χ3n) is 5.55. The topological polar surface area (TPSA) is 98.8 Å². The average Bonchev–Trinajstić information content (AvgIpc) is 3.04. The van der Waals surface area contributed by atoms with Gasteiger partial charge in [0, 0.05) is 43.2 Å². The molecule has 0 aromatic heterocycles. The van der Waals surface area contributed by atoms with Gasteiger partial charge in [-0.1, -0.05) is 43.6 Å². The van der Waals surface area contributed by atoms with Gasteiger partial charge in [-0.3, -0.25) is 29.0 Å². The number of thioether (sulfide) groups is 1. The standard InChI is InChI=1S/C23H29ClN4O4S/c1-15(2)21(30)26-17-7-10-27(11-8-17)14-20(29)25-9-12-28-22(31)19(33-23(28)32)13-16-5-3-4-6-18(16)24/h3-6,13,15,17H,7-12,14H2,1-2H3,(H,25,29)(H,26,30)/b19-13-. The zero-order chi connectivity index (χ0) is 24.0. The van der Waals surface area contributed by atoms with Crippen molar-refractivity contribution < 1.29 is 19.2 Å². The van der Waals surface area contributed by atoms with Crippen molar-refractivity contribution in [2.45, 2.75) is 32.7 Å². The first kappa shape index (κ1) is 25.3. The lowest BCUT2D eigenvalue weighted by molar-refractivity contribution is -0.126. The molecule has 1 aromatic rings. The highest BCUT2D eigenvalue weighted by Crippen LogP contribution is 2.33. The van der Waals surface area contributed by atoms with E-state index in [1.165, 1.54) is 0 Å². The largest absolute Gasteiger partial charge is 0.353 e. The molecule has 0 spiro atoms. The highest BCUT2D eigenvalue weighted by molar-refractivity contribution is 8.18. The lowest BCUT2D eigenvalue weighted by Gasteiger charge is -2.32. The highest BCUT2D eigenvalue weighted by Gasteiger charge is 2.34. The fourth-order valence-corrected chi connectivity index (χ4v) is 4.64. The molecule has 2 aliphatic rings. The molecular formula is C23H29ClN4O4S. The van der Waals surface area contributed by atoms with Crippen molar-refractivity contribution in [1.82, 2.24) is 20.4 Å². The number of nitrogens with one attached hydrogen (secondary N) is 2. The van der Waals surface area contributed by atoms with E-state index in [-0.39, 0.29) is 54.6 Å². The SMILES string of the molecule is CC(C)C(=O)NC1CCN(CC(=O)NCCN2C(=O)S/C(=C\c3ccccc3Cl)C2=O)CC1. The van der Waals surface area contributed by atoms with Gasteiger partial charge in [-0.05, 0) is 42.3 Å². The van der Waals surface area contributed by atoms with E-state index in [4.69, 9.17) is 11.6 Å². The second-order valence-corrected chi connectivity index (χ2v) is 9.82. The van der Waals surface area contributed by atoms with Crippen molar-refractivity contribution in [3.63, 3.8) is 0 Å². The third-order valence-corrected chi connectivity index (χ3v) is 6.80. The Balaban J connectivity index is 1.40. The Labute approximate surface area is 203 Å². The molecule has 2 saturated heterocycles. The minimum Gasteiger partial charge on any atom is -0.353 e. The summed E-state index contributed by atoms with van der Waals surface area (Å²) >= 11 is 7.00. The molecule has 2 N–H and O–H groups in total. The zero-order valence-electron chi connectivity index (χ0n) is 18.8. The zero-order valence-corrected chi connectivity index (χ0v) is 20.4. The van der Waals surface area contributed by atoms with E-state index in [9.17, 15) is 19.2 Å². The molecule has 8 nitrogen and oxygen atoms in total. The first-order chi connectivity index (χ1) is 15.7. The van der Waals surface area contributed by atoms with Crippen molar-refractivity contribution in [2.24, 2.45) is 5.92 Å². The van der Waals surface area contributed by atoms with Crippen LogP contribution in [-0.4, -0.2) is 71.5 Å². The third kappa shape index (κ3) is 7.06. The molecule has 4 amide bonds. The molecule has 0 unspecified atom stereocenters. The number of halogens is 1. The maximum absolute atomic E-state index is 12.6. The van der Waals surface area contributed by atoms with E-state index in [1.807, 2.05) is 24.8 Å². The molecule has 33 heavy (non-hydrogen) atoms. The van der Waals surface area contributed by atoms with Gasteiger partial charge in [-0.25, -0.2) is 0 Å². The van der Waals surface area contributed by atoms with Gasteiger partial charge in [0.1, 0.15) is 0 Å². The van der Waals surface area contributed by atoms with Crippen molar-refractivity contribution in [1.29, 1.82) is 0 Å². The fraction of sp³-hybridized carbons (Fsp3) is 0.478. The molecule has 2 aliphatic heterocycles. The number of benzene rings is 1. The van der Waals surface area contributed by atoms with Crippen LogP contribution in [0.15, 0.2) is 29.2 Å². The highest BCUT2D eigenvalue weighted by atomic mass is 35.5. The van der Waals surface area contributed by atoms with Crippen LogP contribution in [0.4, 0.5) is 4.79 Å². The summed E-state index contributed by atoms with van der Waals surface area (Å²) in [4.78, 5) is 52.5. The second-order valence-electron chi connectivity index (χ2n) is 8.42. The molecule has 1 aromatic carbocycles. The van der Waals surface area contributed by atoms with Gasteiger partial charge in [0.15, 0.2) is 0 Å². The molecule has 0 saturated carbocycles. The molecule has 178 valence electrons. The molecule has 0 radical (unpaired) electrons. The quantitative estimate of drug-likeness (QED) is 0.541. The van der Waals surface area contributed by atoms with Gasteiger partial charge in [-0.2, -0.15) is 0 Å². The summed E-state index contributed by atoms with van der Waals surface area (Å²) in [5.74, 6) is -0.521. The summed E-state index contributed by atoms with van der Waals surface area (Å²) in [6.07, 6.45) is 3.22. The van der Waals surface area contributed by atoms with Crippen molar-refractivity contribution >= 4 is 52.4 Å². The Morgan fingerprint density at radius 1 is 1.21 bits per heavy atom. The predicted octanol–water partition coefficient (Wildman–Crippen LogP) is 2.73. The number of hydrogen-bond donors (Lipinski definition) is 2. The van der Waals surface area contributed by atoms with E-state index in [2.05, 4.69) is 10.6 Å². The molecule has 0 atom stereocenters. The monoisotopic (exact) mass is 492 g/mol. The van der Waals surface area contributed by atoms with E-state index >= 15 is 0 Å². The number of carbonyl (C=O) groups is 4. The summed E-state index contributed by atoms with van der Waals surface area (Å²) in [5.41, 5.74) is 0.672. The van der Waals surface area contributed by atoms with Crippen LogP contribution in [0.2, 0.25) is 5.02 Å². The Morgan fingerprint density at radius 2 is 1.91 bits per heavy atom. The van der Waals surface area contributed by atoms with Crippen LogP contribution >= 0.6 is 23.4 Å². The van der Waals surface area contributed by atoms with Crippen molar-refractivity contribution in [3.05, 3.63) is 39.8 Å². The normalized spacial score (nSPS) is 18.9. The maximum Gasteiger partial charge on any atom is 0.293 e. The number of nitrogens with zero attached hydrogens (tertiary/aromatic N) is 2. The van der Waals surface area contributed by atoms with Gasteiger partial charge < -0.3 is 10.6 Å². The van der Waals surface area contributed by atoms with Gasteiger partial charge in [0.2, 0.25) is 11.8 Å². The first-order valence-corrected chi connectivity index (χ1v) is 12.2. The minimum atomic E-state index is -0.385. The smallest absolute Gasteiger partial charge is 0.293 e. The fourth-order valence-electron chi connectivity index (χ4n) is 3.60. The van der Waals surface area contributed by atoms with Crippen LogP contribution in [-0.2, 0) is 14.4 Å². The molecular weight excluding hydrogens is 464 g/mol. The molecule has 0 aliphatic carbocycles. The van der Waals surface area contributed by atoms with Gasteiger partial charge in [-0.15, -0.1) is 0 Å². The summed E-state index contributed by atoms with van der Waals surface area (Å²) in [7, 11) is 0. The van der Waals surface area contributed by atoms with Crippen LogP contribution < -0.4 is 10.6 Å². The van der Waals surface area contributed by atoms with Crippen LogP contribution in [0.3, 0.4) is 0 Å². The van der Waals surface area contributed by atoms with E-state index < -0.39 is 0 Å². The number of hydrogen-bond acceptors (Lipinski definition) is 6. The number of carbonyl (C=O) groups excluding carboxylic acids is 4. The predicted molar refractivity (Wildman–Crippen MR) is 130 cm³/mol. The lowest BCUT2D eigenvalue weighted by atomic mass is 10.0. The summed E-state index contributed by atoms with van der Waals surface area (Å²) in [5, 5.41) is 5.96. The Kier molecular flexibility index (Phi) is 8.94. The minimum absolute atomic E-state index is 0.0377. The van der Waals surface area contributed by atoms with Crippen LogP contribution in [0.5, 0.6) is 0 Å². The van der Waals surface area contributed by atoms with E-state index in [0.29, 0.717) is 15.5 Å². The average molecular weight is 493 g/mol.